The van der Waals surface area contributed by atoms with E-state index in [0.29, 0.717) is 29.7 Å². The summed E-state index contributed by atoms with van der Waals surface area (Å²) in [7, 11) is -1.16. The van der Waals surface area contributed by atoms with Crippen molar-refractivity contribution in [3.8, 4) is 5.75 Å². The quantitative estimate of drug-likeness (QED) is 0.532. The van der Waals surface area contributed by atoms with Gasteiger partial charge in [-0.3, -0.25) is 9.00 Å². The topological polar surface area (TPSA) is 68.5 Å². The number of hydrogen-bond donors (Lipinski definition) is 1. The minimum Gasteiger partial charge on any atom is -0.494 e. The Balaban J connectivity index is 1.50. The van der Waals surface area contributed by atoms with E-state index in [0.717, 1.165) is 16.9 Å². The Morgan fingerprint density at radius 3 is 2.59 bits per heavy atom. The van der Waals surface area contributed by atoms with Gasteiger partial charge in [0.2, 0.25) is 0 Å². The zero-order valence-corrected chi connectivity index (χ0v) is 17.6. The van der Waals surface area contributed by atoms with Crippen LogP contribution in [-0.2, 0) is 28.9 Å². The van der Waals surface area contributed by atoms with E-state index in [9.17, 15) is 9.00 Å². The molecule has 152 valence electrons. The number of benzene rings is 2. The predicted molar refractivity (Wildman–Crippen MR) is 114 cm³/mol. The summed E-state index contributed by atoms with van der Waals surface area (Å²) < 4.78 is 23.3. The van der Waals surface area contributed by atoms with Crippen LogP contribution in [0, 0.1) is 0 Å². The Labute approximate surface area is 177 Å². The summed E-state index contributed by atoms with van der Waals surface area (Å²) in [6.45, 7) is 2.92. The molecule has 1 N–H and O–H groups in total. The van der Waals surface area contributed by atoms with E-state index in [4.69, 9.17) is 20.8 Å². The Morgan fingerprint density at radius 1 is 1.07 bits per heavy atom. The highest BCUT2D eigenvalue weighted by molar-refractivity contribution is 7.83. The number of furan rings is 1. The molecule has 0 bridgehead atoms. The SMILES string of the molecule is CCOc1ccc(CNC(=O)c2ccc(CS(=O)Cc3cccc(Cl)c3)o2)cc1. The summed E-state index contributed by atoms with van der Waals surface area (Å²) in [6, 6.07) is 18.1. The summed E-state index contributed by atoms with van der Waals surface area (Å²) in [6.07, 6.45) is 0. The lowest BCUT2D eigenvalue weighted by Crippen LogP contribution is -2.22. The minimum atomic E-state index is -1.16. The van der Waals surface area contributed by atoms with Gasteiger partial charge in [-0.25, -0.2) is 0 Å². The summed E-state index contributed by atoms with van der Waals surface area (Å²) >= 11 is 5.95. The van der Waals surface area contributed by atoms with Crippen molar-refractivity contribution in [2.45, 2.75) is 25.0 Å². The minimum absolute atomic E-state index is 0.200. The molecule has 0 aliphatic heterocycles. The second-order valence-electron chi connectivity index (χ2n) is 6.38. The smallest absolute Gasteiger partial charge is 0.287 e. The zero-order valence-electron chi connectivity index (χ0n) is 16.0. The van der Waals surface area contributed by atoms with Crippen molar-refractivity contribution in [1.29, 1.82) is 0 Å². The number of hydrogen-bond acceptors (Lipinski definition) is 4. The van der Waals surface area contributed by atoms with E-state index in [-0.39, 0.29) is 17.4 Å². The van der Waals surface area contributed by atoms with Crippen LogP contribution in [0.25, 0.3) is 0 Å². The average Bonchev–Trinajstić information content (AvgIpc) is 3.16. The molecule has 7 heteroatoms. The molecule has 0 spiro atoms. The summed E-state index contributed by atoms with van der Waals surface area (Å²) in [5.41, 5.74) is 1.85. The van der Waals surface area contributed by atoms with E-state index in [1.807, 2.05) is 43.3 Å². The largest absolute Gasteiger partial charge is 0.494 e. The van der Waals surface area contributed by atoms with Gasteiger partial charge in [0.25, 0.3) is 5.91 Å². The van der Waals surface area contributed by atoms with Crippen molar-refractivity contribution in [3.63, 3.8) is 0 Å². The second-order valence-corrected chi connectivity index (χ2v) is 8.28. The number of amides is 1. The van der Waals surface area contributed by atoms with Crippen LogP contribution < -0.4 is 10.1 Å². The maximum Gasteiger partial charge on any atom is 0.287 e. The van der Waals surface area contributed by atoms with Gasteiger partial charge in [-0.05, 0) is 54.4 Å². The lowest BCUT2D eigenvalue weighted by atomic mass is 10.2. The Morgan fingerprint density at radius 2 is 1.86 bits per heavy atom. The first-order chi connectivity index (χ1) is 14.0. The van der Waals surface area contributed by atoms with Gasteiger partial charge in [0.15, 0.2) is 5.76 Å². The van der Waals surface area contributed by atoms with Crippen molar-refractivity contribution in [3.05, 3.63) is 88.3 Å². The summed E-state index contributed by atoms with van der Waals surface area (Å²) in [5, 5.41) is 3.43. The maximum atomic E-state index is 12.4. The molecule has 1 amide bonds. The van der Waals surface area contributed by atoms with Gasteiger partial charge < -0.3 is 14.5 Å². The fourth-order valence-corrected chi connectivity index (χ4v) is 4.08. The molecule has 0 radical (unpaired) electrons. The molecule has 3 rings (SSSR count). The van der Waals surface area contributed by atoms with Crippen LogP contribution in [0.15, 0.2) is 65.1 Å². The van der Waals surface area contributed by atoms with Crippen molar-refractivity contribution >= 4 is 28.3 Å². The monoisotopic (exact) mass is 431 g/mol. The molecule has 29 heavy (non-hydrogen) atoms. The first-order valence-corrected chi connectivity index (χ1v) is 11.1. The Bertz CT molecular complexity index is 984. The number of nitrogens with one attached hydrogen (secondary N) is 1. The normalized spacial score (nSPS) is 11.8. The van der Waals surface area contributed by atoms with Crippen molar-refractivity contribution in [2.75, 3.05) is 6.61 Å². The second kappa shape index (κ2) is 10.3. The first-order valence-electron chi connectivity index (χ1n) is 9.21. The first kappa shape index (κ1) is 21.1. The molecule has 2 aromatic carbocycles. The van der Waals surface area contributed by atoms with Crippen LogP contribution in [-0.4, -0.2) is 16.7 Å². The number of carbonyl (C=O) groups is 1. The van der Waals surface area contributed by atoms with Crippen molar-refractivity contribution in [2.24, 2.45) is 0 Å². The zero-order chi connectivity index (χ0) is 20.6. The molecular formula is C22H22ClNO4S. The fraction of sp³-hybridized carbons (Fsp3) is 0.227. The van der Waals surface area contributed by atoms with Crippen LogP contribution in [0.5, 0.6) is 5.75 Å². The van der Waals surface area contributed by atoms with E-state index < -0.39 is 10.8 Å². The number of ether oxygens (including phenoxy) is 1. The molecular weight excluding hydrogens is 410 g/mol. The van der Waals surface area contributed by atoms with Crippen LogP contribution >= 0.6 is 11.6 Å². The molecule has 1 unspecified atom stereocenters. The number of halogens is 1. The van der Waals surface area contributed by atoms with Gasteiger partial charge in [-0.15, -0.1) is 0 Å². The lowest BCUT2D eigenvalue weighted by Gasteiger charge is -2.06. The van der Waals surface area contributed by atoms with E-state index in [1.165, 1.54) is 0 Å². The molecule has 3 aromatic rings. The molecule has 1 atom stereocenters. The molecule has 0 aliphatic carbocycles. The third-order valence-corrected chi connectivity index (χ3v) is 5.59. The molecule has 0 saturated heterocycles. The number of carbonyl (C=O) groups excluding carboxylic acids is 1. The third-order valence-electron chi connectivity index (χ3n) is 4.09. The van der Waals surface area contributed by atoms with E-state index in [1.54, 1.807) is 24.3 Å². The van der Waals surface area contributed by atoms with Gasteiger partial charge in [0, 0.05) is 28.1 Å². The average molecular weight is 432 g/mol. The third kappa shape index (κ3) is 6.48. The van der Waals surface area contributed by atoms with E-state index in [2.05, 4.69) is 5.32 Å². The Hall–Kier alpha value is -2.57. The maximum absolute atomic E-state index is 12.4. The molecule has 0 saturated carbocycles. The van der Waals surface area contributed by atoms with Gasteiger partial charge >= 0.3 is 0 Å². The molecule has 1 heterocycles. The lowest BCUT2D eigenvalue weighted by molar-refractivity contribution is 0.0921. The highest BCUT2D eigenvalue weighted by Gasteiger charge is 2.13. The summed E-state index contributed by atoms with van der Waals surface area (Å²) in [5.74, 6) is 1.80. The van der Waals surface area contributed by atoms with Crippen molar-refractivity contribution < 1.29 is 18.2 Å². The summed E-state index contributed by atoms with van der Waals surface area (Å²) in [4.78, 5) is 12.3. The fourth-order valence-electron chi connectivity index (χ4n) is 2.74. The van der Waals surface area contributed by atoms with Crippen molar-refractivity contribution in [1.82, 2.24) is 5.32 Å². The van der Waals surface area contributed by atoms with Crippen LogP contribution in [0.1, 0.15) is 34.4 Å². The molecule has 0 fully saturated rings. The highest BCUT2D eigenvalue weighted by atomic mass is 35.5. The van der Waals surface area contributed by atoms with Gasteiger partial charge in [-0.1, -0.05) is 35.9 Å². The van der Waals surface area contributed by atoms with Gasteiger partial charge in [0.05, 0.1) is 12.4 Å². The van der Waals surface area contributed by atoms with Gasteiger partial charge in [-0.2, -0.15) is 0 Å². The van der Waals surface area contributed by atoms with Gasteiger partial charge in [0.1, 0.15) is 11.5 Å². The molecule has 1 aromatic heterocycles. The molecule has 0 aliphatic rings. The van der Waals surface area contributed by atoms with E-state index >= 15 is 0 Å². The standard InChI is InChI=1S/C22H22ClNO4S/c1-2-27-19-8-6-16(7-9-19)13-24-22(25)21-11-10-20(28-21)15-29(26)14-17-4-3-5-18(23)12-17/h3-12H,2,13-15H2,1H3,(H,24,25). The molecule has 5 nitrogen and oxygen atoms in total. The van der Waals surface area contributed by atoms with Crippen LogP contribution in [0.3, 0.4) is 0 Å². The van der Waals surface area contributed by atoms with Crippen LogP contribution in [0.4, 0.5) is 0 Å². The highest BCUT2D eigenvalue weighted by Crippen LogP contribution is 2.16. The predicted octanol–water partition coefficient (Wildman–Crippen LogP) is 4.71. The number of rotatable bonds is 9. The Kier molecular flexibility index (Phi) is 7.49. The van der Waals surface area contributed by atoms with Crippen LogP contribution in [0.2, 0.25) is 5.02 Å².